The van der Waals surface area contributed by atoms with E-state index < -0.39 is 10.0 Å². The van der Waals surface area contributed by atoms with Gasteiger partial charge in [0.25, 0.3) is 0 Å². The molecule has 0 aromatic heterocycles. The van der Waals surface area contributed by atoms with Gasteiger partial charge in [0.1, 0.15) is 0 Å². The van der Waals surface area contributed by atoms with Crippen LogP contribution < -0.4 is 5.32 Å². The van der Waals surface area contributed by atoms with E-state index in [2.05, 4.69) is 26.1 Å². The molecule has 1 aromatic rings. The first kappa shape index (κ1) is 17.4. The predicted octanol–water partition coefficient (Wildman–Crippen LogP) is 3.23. The van der Waals surface area contributed by atoms with E-state index in [1.807, 2.05) is 0 Å². The van der Waals surface area contributed by atoms with E-state index in [1.54, 1.807) is 28.6 Å². The standard InChI is InChI=1S/C18H26N2O3S/c1-13(21)19-14-5-7-16(8-6-14)24(22,23)20-12-18(4)10-15(20)9-17(2,3)11-18/h5-8,15H,9-12H2,1-4H3,(H,19,21)/t15-,18-/m1/s1. The van der Waals surface area contributed by atoms with E-state index in [0.717, 1.165) is 19.3 Å². The van der Waals surface area contributed by atoms with Gasteiger partial charge >= 0.3 is 0 Å². The van der Waals surface area contributed by atoms with Crippen molar-refractivity contribution in [2.24, 2.45) is 10.8 Å². The predicted molar refractivity (Wildman–Crippen MR) is 94.2 cm³/mol. The highest BCUT2D eigenvalue weighted by Crippen LogP contribution is 2.53. The molecule has 1 N–H and O–H groups in total. The maximum absolute atomic E-state index is 13.1. The topological polar surface area (TPSA) is 66.5 Å². The zero-order valence-corrected chi connectivity index (χ0v) is 15.6. The van der Waals surface area contributed by atoms with Crippen LogP contribution in [0.4, 0.5) is 5.69 Å². The van der Waals surface area contributed by atoms with Gasteiger partial charge in [-0.3, -0.25) is 4.79 Å². The highest BCUT2D eigenvalue weighted by atomic mass is 32.2. The average molecular weight is 350 g/mol. The maximum Gasteiger partial charge on any atom is 0.243 e. The molecule has 1 amide bonds. The zero-order chi connectivity index (χ0) is 17.8. The summed E-state index contributed by atoms with van der Waals surface area (Å²) in [4.78, 5) is 11.4. The van der Waals surface area contributed by atoms with E-state index in [1.165, 1.54) is 6.92 Å². The fourth-order valence-corrected chi connectivity index (χ4v) is 6.51. The smallest absolute Gasteiger partial charge is 0.243 e. The Morgan fingerprint density at radius 3 is 2.38 bits per heavy atom. The van der Waals surface area contributed by atoms with Crippen molar-refractivity contribution < 1.29 is 13.2 Å². The zero-order valence-electron chi connectivity index (χ0n) is 14.8. The van der Waals surface area contributed by atoms with Gasteiger partial charge in [0.05, 0.1) is 4.90 Å². The normalized spacial score (nSPS) is 29.4. The van der Waals surface area contributed by atoms with Crippen LogP contribution in [0.5, 0.6) is 0 Å². The first-order valence-electron chi connectivity index (χ1n) is 8.40. The van der Waals surface area contributed by atoms with Gasteiger partial charge in [-0.05, 0) is 54.4 Å². The van der Waals surface area contributed by atoms with Crippen LogP contribution in [-0.2, 0) is 14.8 Å². The molecule has 0 radical (unpaired) electrons. The molecule has 2 aliphatic rings. The van der Waals surface area contributed by atoms with Crippen LogP contribution >= 0.6 is 0 Å². The number of benzene rings is 1. The van der Waals surface area contributed by atoms with Crippen molar-refractivity contribution in [2.75, 3.05) is 11.9 Å². The molecule has 1 aliphatic heterocycles. The molecule has 5 nitrogen and oxygen atoms in total. The Bertz CT molecular complexity index is 755. The van der Waals surface area contributed by atoms with Crippen molar-refractivity contribution in [1.82, 2.24) is 4.31 Å². The molecule has 3 rings (SSSR count). The highest BCUT2D eigenvalue weighted by molar-refractivity contribution is 7.89. The van der Waals surface area contributed by atoms with Crippen molar-refractivity contribution >= 4 is 21.6 Å². The lowest BCUT2D eigenvalue weighted by Crippen LogP contribution is -2.37. The monoisotopic (exact) mass is 350 g/mol. The first-order chi connectivity index (χ1) is 11.0. The van der Waals surface area contributed by atoms with Gasteiger partial charge in [-0.25, -0.2) is 8.42 Å². The molecule has 1 saturated heterocycles. The summed E-state index contributed by atoms with van der Waals surface area (Å²) in [6, 6.07) is 6.52. The summed E-state index contributed by atoms with van der Waals surface area (Å²) in [6.45, 7) is 8.69. The lowest BCUT2D eigenvalue weighted by molar-refractivity contribution is -0.114. The molecule has 1 aromatic carbocycles. The summed E-state index contributed by atoms with van der Waals surface area (Å²) in [7, 11) is -3.51. The summed E-state index contributed by atoms with van der Waals surface area (Å²) >= 11 is 0. The fraction of sp³-hybridized carbons (Fsp3) is 0.611. The third kappa shape index (κ3) is 3.22. The van der Waals surface area contributed by atoms with Gasteiger partial charge in [-0.15, -0.1) is 0 Å². The largest absolute Gasteiger partial charge is 0.326 e. The highest BCUT2D eigenvalue weighted by Gasteiger charge is 2.53. The third-order valence-electron chi connectivity index (χ3n) is 5.15. The van der Waals surface area contributed by atoms with Gasteiger partial charge < -0.3 is 5.32 Å². The van der Waals surface area contributed by atoms with Crippen LogP contribution in [0, 0.1) is 10.8 Å². The summed E-state index contributed by atoms with van der Waals surface area (Å²) in [6.07, 6.45) is 2.91. The number of nitrogens with one attached hydrogen (secondary N) is 1. The van der Waals surface area contributed by atoms with E-state index in [0.29, 0.717) is 17.1 Å². The van der Waals surface area contributed by atoms with Crippen LogP contribution in [0.2, 0.25) is 0 Å². The molecule has 24 heavy (non-hydrogen) atoms. The van der Waals surface area contributed by atoms with Crippen molar-refractivity contribution in [3.8, 4) is 0 Å². The molecule has 0 spiro atoms. The van der Waals surface area contributed by atoms with Crippen molar-refractivity contribution in [1.29, 1.82) is 0 Å². The third-order valence-corrected chi connectivity index (χ3v) is 7.06. The number of hydrogen-bond donors (Lipinski definition) is 1. The Hall–Kier alpha value is -1.40. The number of carbonyl (C=O) groups is 1. The minimum atomic E-state index is -3.51. The SMILES string of the molecule is CC(=O)Nc1ccc(S(=O)(=O)N2C[C@]3(C)C[C@H]2CC(C)(C)C3)cc1. The molecule has 1 heterocycles. The minimum Gasteiger partial charge on any atom is -0.326 e. The molecule has 132 valence electrons. The average Bonchev–Trinajstić information content (AvgIpc) is 2.68. The Balaban J connectivity index is 1.87. The second kappa shape index (κ2) is 5.56. The van der Waals surface area contributed by atoms with Gasteiger partial charge in [0, 0.05) is 25.2 Å². The Morgan fingerprint density at radius 2 is 1.79 bits per heavy atom. The van der Waals surface area contributed by atoms with E-state index in [9.17, 15) is 13.2 Å². The van der Waals surface area contributed by atoms with Crippen molar-refractivity contribution in [3.63, 3.8) is 0 Å². The number of amides is 1. The second-order valence-electron chi connectivity index (χ2n) is 8.47. The van der Waals surface area contributed by atoms with Gasteiger partial charge in [0.2, 0.25) is 15.9 Å². The molecule has 1 aliphatic carbocycles. The molecule has 6 heteroatoms. The number of fused-ring (bicyclic) bond motifs is 2. The lowest BCUT2D eigenvalue weighted by Gasteiger charge is -2.39. The summed E-state index contributed by atoms with van der Waals surface area (Å²) in [5, 5.41) is 2.66. The van der Waals surface area contributed by atoms with Crippen LogP contribution in [-0.4, -0.2) is 31.2 Å². The Kier molecular flexibility index (Phi) is 4.04. The quantitative estimate of drug-likeness (QED) is 0.910. The molecular formula is C18H26N2O3S. The minimum absolute atomic E-state index is 0.0651. The first-order valence-corrected chi connectivity index (χ1v) is 9.84. The molecule has 2 atom stereocenters. The second-order valence-corrected chi connectivity index (χ2v) is 10.4. The van der Waals surface area contributed by atoms with Crippen LogP contribution in [0.25, 0.3) is 0 Å². The Labute approximate surface area is 144 Å². The number of carbonyl (C=O) groups excluding carboxylic acids is 1. The molecular weight excluding hydrogens is 324 g/mol. The van der Waals surface area contributed by atoms with Gasteiger partial charge in [-0.2, -0.15) is 4.31 Å². The maximum atomic E-state index is 13.1. The number of sulfonamides is 1. The summed E-state index contributed by atoms with van der Waals surface area (Å²) in [5.74, 6) is -0.172. The molecule has 2 bridgehead atoms. The van der Waals surface area contributed by atoms with Crippen molar-refractivity contribution in [2.45, 2.75) is 57.9 Å². The molecule has 2 fully saturated rings. The fourth-order valence-electron chi connectivity index (χ4n) is 4.74. The van der Waals surface area contributed by atoms with E-state index in [4.69, 9.17) is 0 Å². The number of rotatable bonds is 3. The molecule has 1 saturated carbocycles. The van der Waals surface area contributed by atoms with Crippen LogP contribution in [0.15, 0.2) is 29.2 Å². The van der Waals surface area contributed by atoms with Gasteiger partial charge in [0.15, 0.2) is 0 Å². The lowest BCUT2D eigenvalue weighted by atomic mass is 9.65. The Morgan fingerprint density at radius 1 is 1.17 bits per heavy atom. The van der Waals surface area contributed by atoms with Gasteiger partial charge in [-0.1, -0.05) is 20.8 Å². The summed E-state index contributed by atoms with van der Waals surface area (Å²) in [5.41, 5.74) is 0.849. The number of nitrogens with zero attached hydrogens (tertiary/aromatic N) is 1. The summed E-state index contributed by atoms with van der Waals surface area (Å²) < 4.78 is 27.9. The number of hydrogen-bond acceptors (Lipinski definition) is 3. The van der Waals surface area contributed by atoms with Crippen LogP contribution in [0.1, 0.15) is 47.0 Å². The molecule has 0 unspecified atom stereocenters. The van der Waals surface area contributed by atoms with Crippen molar-refractivity contribution in [3.05, 3.63) is 24.3 Å². The van der Waals surface area contributed by atoms with Crippen LogP contribution in [0.3, 0.4) is 0 Å². The number of anilines is 1. The van der Waals surface area contributed by atoms with E-state index in [-0.39, 0.29) is 22.8 Å². The van der Waals surface area contributed by atoms with E-state index >= 15 is 0 Å².